The van der Waals surface area contributed by atoms with Gasteiger partial charge in [-0.2, -0.15) is 5.10 Å². The average molecular weight is 437 g/mol. The summed E-state index contributed by atoms with van der Waals surface area (Å²) in [6.45, 7) is 9.17. The van der Waals surface area contributed by atoms with E-state index in [0.29, 0.717) is 32.1 Å². The summed E-state index contributed by atoms with van der Waals surface area (Å²) in [5.74, 6) is 0.230. The van der Waals surface area contributed by atoms with Crippen LogP contribution in [0.3, 0.4) is 0 Å². The maximum atomic E-state index is 12.7. The third-order valence-electron chi connectivity index (χ3n) is 5.09. The molecule has 11 heteroatoms. The fourth-order valence-corrected chi connectivity index (χ4v) is 3.74. The maximum Gasteiger partial charge on any atom is 0.411 e. The molecule has 0 aromatic carbocycles. The number of ether oxygens (including phenoxy) is 2. The minimum atomic E-state index is -0.608. The van der Waals surface area contributed by atoms with E-state index in [1.165, 1.54) is 17.9 Å². The first-order valence-electron chi connectivity index (χ1n) is 10.6. The highest BCUT2D eigenvalue weighted by Gasteiger charge is 2.34. The number of carbonyl (C=O) groups is 3. The van der Waals surface area contributed by atoms with Crippen molar-refractivity contribution in [1.82, 2.24) is 29.9 Å². The molecule has 3 heterocycles. The number of amides is 3. The number of likely N-dealkylation sites (tertiary alicyclic amines) is 1. The lowest BCUT2D eigenvalue weighted by molar-refractivity contribution is -0.134. The summed E-state index contributed by atoms with van der Waals surface area (Å²) in [5.41, 5.74) is -0.608. The fraction of sp³-hybridized carbons (Fsp3) is 0.750. The minimum Gasteiger partial charge on any atom is -0.444 e. The molecule has 3 rings (SSSR count). The first-order valence-corrected chi connectivity index (χ1v) is 10.6. The van der Waals surface area contributed by atoms with Gasteiger partial charge in [-0.25, -0.2) is 14.5 Å². The van der Waals surface area contributed by atoms with Crippen molar-refractivity contribution in [1.29, 1.82) is 0 Å². The van der Waals surface area contributed by atoms with Crippen LogP contribution in [0, 0.1) is 0 Å². The number of nitrogens with zero attached hydrogens (tertiary/aromatic N) is 5. The van der Waals surface area contributed by atoms with Crippen molar-refractivity contribution in [3.63, 3.8) is 0 Å². The third-order valence-corrected chi connectivity index (χ3v) is 5.09. The van der Waals surface area contributed by atoms with Gasteiger partial charge in [0.2, 0.25) is 11.8 Å². The van der Waals surface area contributed by atoms with Crippen LogP contribution in [0.5, 0.6) is 0 Å². The Morgan fingerprint density at radius 1 is 1.29 bits per heavy atom. The molecular weight excluding hydrogens is 404 g/mol. The highest BCUT2D eigenvalue weighted by Crippen LogP contribution is 2.24. The Hall–Kier alpha value is -2.69. The summed E-state index contributed by atoms with van der Waals surface area (Å²) in [6, 6.07) is -0.498. The molecule has 172 valence electrons. The van der Waals surface area contributed by atoms with E-state index in [-0.39, 0.29) is 31.0 Å². The van der Waals surface area contributed by atoms with E-state index in [1.54, 1.807) is 9.80 Å². The summed E-state index contributed by atoms with van der Waals surface area (Å²) in [7, 11) is 0. The van der Waals surface area contributed by atoms with Gasteiger partial charge < -0.3 is 19.7 Å². The Kier molecular flexibility index (Phi) is 7.14. The van der Waals surface area contributed by atoms with Gasteiger partial charge in [-0.1, -0.05) is 0 Å². The van der Waals surface area contributed by atoms with Gasteiger partial charge in [-0.05, 0) is 33.6 Å². The van der Waals surface area contributed by atoms with Gasteiger partial charge >= 0.3 is 6.09 Å². The molecule has 3 amide bonds. The van der Waals surface area contributed by atoms with Gasteiger partial charge in [0, 0.05) is 32.6 Å². The van der Waals surface area contributed by atoms with E-state index >= 15 is 0 Å². The summed E-state index contributed by atoms with van der Waals surface area (Å²) < 4.78 is 12.5. The van der Waals surface area contributed by atoms with Crippen LogP contribution in [0.25, 0.3) is 0 Å². The van der Waals surface area contributed by atoms with Crippen LogP contribution >= 0.6 is 0 Å². The number of hydrogen-bond donors (Lipinski definition) is 1. The average Bonchev–Trinajstić information content (AvgIpc) is 3.14. The largest absolute Gasteiger partial charge is 0.444 e. The van der Waals surface area contributed by atoms with Crippen LogP contribution in [0.1, 0.15) is 52.4 Å². The molecule has 0 radical (unpaired) electrons. The van der Waals surface area contributed by atoms with Crippen LogP contribution in [0.4, 0.5) is 4.79 Å². The molecule has 2 atom stereocenters. The van der Waals surface area contributed by atoms with E-state index < -0.39 is 17.7 Å². The summed E-state index contributed by atoms with van der Waals surface area (Å²) >= 11 is 0. The second-order valence-electron chi connectivity index (χ2n) is 8.94. The fourth-order valence-electron chi connectivity index (χ4n) is 3.74. The summed E-state index contributed by atoms with van der Waals surface area (Å²) in [4.78, 5) is 44.2. The molecule has 2 saturated heterocycles. The second kappa shape index (κ2) is 9.63. The topological polar surface area (TPSA) is 119 Å². The molecule has 0 spiro atoms. The van der Waals surface area contributed by atoms with Gasteiger partial charge in [-0.15, -0.1) is 0 Å². The zero-order valence-electron chi connectivity index (χ0n) is 18.7. The zero-order chi connectivity index (χ0) is 22.6. The molecule has 1 N–H and O–H groups in total. The molecule has 2 aliphatic rings. The molecule has 0 unspecified atom stereocenters. The molecule has 2 fully saturated rings. The van der Waals surface area contributed by atoms with Crippen molar-refractivity contribution in [2.75, 3.05) is 32.8 Å². The van der Waals surface area contributed by atoms with Crippen molar-refractivity contribution in [3.05, 3.63) is 12.2 Å². The Morgan fingerprint density at radius 2 is 2.06 bits per heavy atom. The number of hydrogen-bond acceptors (Lipinski definition) is 7. The molecule has 11 nitrogen and oxygen atoms in total. The van der Waals surface area contributed by atoms with Gasteiger partial charge in [0.25, 0.3) is 0 Å². The van der Waals surface area contributed by atoms with E-state index in [4.69, 9.17) is 9.47 Å². The predicted octanol–water partition coefficient (Wildman–Crippen LogP) is 0.714. The van der Waals surface area contributed by atoms with Crippen LogP contribution < -0.4 is 5.32 Å². The van der Waals surface area contributed by atoms with Crippen molar-refractivity contribution < 1.29 is 23.9 Å². The van der Waals surface area contributed by atoms with Gasteiger partial charge in [0.15, 0.2) is 5.82 Å². The highest BCUT2D eigenvalue weighted by molar-refractivity contribution is 5.76. The van der Waals surface area contributed by atoms with Crippen LogP contribution in [0.15, 0.2) is 6.33 Å². The predicted molar refractivity (Wildman–Crippen MR) is 110 cm³/mol. The number of piperidine rings is 1. The summed E-state index contributed by atoms with van der Waals surface area (Å²) in [6.07, 6.45) is 2.75. The van der Waals surface area contributed by atoms with Crippen molar-refractivity contribution >= 4 is 17.9 Å². The Bertz CT molecular complexity index is 804. The Balaban J connectivity index is 1.62. The molecule has 0 bridgehead atoms. The monoisotopic (exact) mass is 436 g/mol. The van der Waals surface area contributed by atoms with E-state index in [0.717, 1.165) is 12.8 Å². The molecule has 1 aromatic rings. The van der Waals surface area contributed by atoms with E-state index in [9.17, 15) is 14.4 Å². The van der Waals surface area contributed by atoms with Gasteiger partial charge in [-0.3, -0.25) is 14.5 Å². The third kappa shape index (κ3) is 6.39. The summed E-state index contributed by atoms with van der Waals surface area (Å²) in [5, 5.41) is 7.30. The van der Waals surface area contributed by atoms with Crippen LogP contribution in [0.2, 0.25) is 0 Å². The zero-order valence-corrected chi connectivity index (χ0v) is 18.7. The normalized spacial score (nSPS) is 22.2. The minimum absolute atomic E-state index is 0.0247. The molecule has 1 aromatic heterocycles. The first-order chi connectivity index (χ1) is 14.6. The molecule has 0 aliphatic carbocycles. The lowest BCUT2D eigenvalue weighted by atomic mass is 10.1. The number of rotatable bonds is 4. The number of morpholine rings is 1. The lowest BCUT2D eigenvalue weighted by Gasteiger charge is -2.35. The van der Waals surface area contributed by atoms with Crippen molar-refractivity contribution in [2.45, 2.75) is 64.8 Å². The first kappa shape index (κ1) is 23.0. The van der Waals surface area contributed by atoms with Crippen molar-refractivity contribution in [3.8, 4) is 0 Å². The molecule has 2 aliphatic heterocycles. The lowest BCUT2D eigenvalue weighted by Crippen LogP contribution is -2.50. The van der Waals surface area contributed by atoms with E-state index in [2.05, 4.69) is 15.4 Å². The van der Waals surface area contributed by atoms with Gasteiger partial charge in [0.1, 0.15) is 24.5 Å². The number of carbonyl (C=O) groups excluding carboxylic acids is 3. The molecule has 0 saturated carbocycles. The number of aromatic nitrogens is 3. The maximum absolute atomic E-state index is 12.7. The quantitative estimate of drug-likeness (QED) is 0.738. The second-order valence-corrected chi connectivity index (χ2v) is 8.94. The van der Waals surface area contributed by atoms with Crippen LogP contribution in [-0.2, 0) is 25.6 Å². The van der Waals surface area contributed by atoms with Gasteiger partial charge in [0.05, 0.1) is 13.2 Å². The van der Waals surface area contributed by atoms with Crippen LogP contribution in [-0.4, -0.2) is 87.0 Å². The molecular formula is C20H32N6O5. The van der Waals surface area contributed by atoms with E-state index in [1.807, 2.05) is 20.8 Å². The smallest absolute Gasteiger partial charge is 0.411 e. The number of nitrogens with one attached hydrogen (secondary N) is 1. The Labute approximate surface area is 182 Å². The highest BCUT2D eigenvalue weighted by atomic mass is 16.6. The van der Waals surface area contributed by atoms with Crippen molar-refractivity contribution in [2.24, 2.45) is 0 Å². The Morgan fingerprint density at radius 3 is 2.77 bits per heavy atom. The molecule has 31 heavy (non-hydrogen) atoms. The standard InChI is InChI=1S/C20H32N6O5/c1-14(27)22-15-6-5-7-24(10-15)17(28)11-25-13-21-18(23-25)16-12-30-9-8-26(16)19(29)31-20(2,3)4/h13,15-16H,5-12H2,1-4H3,(H,22,27)/t15-,16+/m0/s1. The SMILES string of the molecule is CC(=O)N[C@H]1CCCN(C(=O)Cn2cnc([C@H]3COCCN3C(=O)OC(C)(C)C)n2)C1.